The predicted octanol–water partition coefficient (Wildman–Crippen LogP) is 8.41. The van der Waals surface area contributed by atoms with Crippen molar-refractivity contribution in [3.05, 3.63) is 115 Å². The van der Waals surface area contributed by atoms with E-state index in [0.29, 0.717) is 23.0 Å². The summed E-state index contributed by atoms with van der Waals surface area (Å²) in [6.45, 7) is 17.5. The second-order valence-corrected chi connectivity index (χ2v) is 11.1. The van der Waals surface area contributed by atoms with Crippen LogP contribution in [0.4, 0.5) is 0 Å². The molecule has 0 bridgehead atoms. The lowest BCUT2D eigenvalue weighted by Crippen LogP contribution is -1.99. The molecule has 0 saturated carbocycles. The molecule has 0 fully saturated rings. The van der Waals surface area contributed by atoms with Crippen molar-refractivity contribution in [2.24, 2.45) is 0 Å². The molecule has 4 aromatic rings. The molecule has 4 N–H and O–H groups in total. The van der Waals surface area contributed by atoms with E-state index >= 15 is 0 Å². The Labute approximate surface area is 233 Å². The van der Waals surface area contributed by atoms with E-state index in [2.05, 4.69) is 6.92 Å². The lowest BCUT2D eigenvalue weighted by molar-refractivity contribution is 0.465. The molecule has 4 aromatic carbocycles. The van der Waals surface area contributed by atoms with Gasteiger partial charge < -0.3 is 20.4 Å². The van der Waals surface area contributed by atoms with E-state index in [1.807, 2.05) is 104 Å². The number of hydrogen-bond donors (Lipinski definition) is 4. The fourth-order valence-corrected chi connectivity index (χ4v) is 5.20. The number of benzene rings is 4. The van der Waals surface area contributed by atoms with E-state index in [0.717, 1.165) is 50.9 Å². The molecule has 4 heteroatoms. The normalized spacial score (nSPS) is 10.9. The molecule has 0 aliphatic rings. The van der Waals surface area contributed by atoms with Crippen LogP contribution in [0, 0.1) is 55.4 Å². The Kier molecular flexibility index (Phi) is 9.01. The number of phenolic OH excluding ortho intramolecular Hbond substituents is 4. The summed E-state index contributed by atoms with van der Waals surface area (Å²) in [6, 6.07) is 16.2. The molecule has 0 aliphatic heterocycles. The quantitative estimate of drug-likeness (QED) is 0.215. The molecule has 206 valence electrons. The number of aryl methyl sites for hydroxylation is 8. The highest BCUT2D eigenvalue weighted by atomic mass is 16.3. The summed E-state index contributed by atoms with van der Waals surface area (Å²) in [5, 5.41) is 39.3. The number of hydrogen-bond acceptors (Lipinski definition) is 4. The molecule has 0 radical (unpaired) electrons. The zero-order chi connectivity index (χ0) is 29.2. The predicted molar refractivity (Wildman–Crippen MR) is 161 cm³/mol. The van der Waals surface area contributed by atoms with Gasteiger partial charge in [-0.15, -0.1) is 0 Å². The average molecular weight is 527 g/mol. The van der Waals surface area contributed by atoms with Gasteiger partial charge in [0.25, 0.3) is 0 Å². The van der Waals surface area contributed by atoms with Crippen molar-refractivity contribution in [1.82, 2.24) is 0 Å². The maximum Gasteiger partial charge on any atom is 0.121 e. The van der Waals surface area contributed by atoms with Gasteiger partial charge in [-0.25, -0.2) is 0 Å². The summed E-state index contributed by atoms with van der Waals surface area (Å²) in [7, 11) is 0. The smallest absolute Gasteiger partial charge is 0.121 e. The van der Waals surface area contributed by atoms with Crippen molar-refractivity contribution in [2.75, 3.05) is 0 Å². The first kappa shape index (κ1) is 29.6. The van der Waals surface area contributed by atoms with Gasteiger partial charge in [-0.1, -0.05) is 55.5 Å². The van der Waals surface area contributed by atoms with Gasteiger partial charge in [0, 0.05) is 5.92 Å². The van der Waals surface area contributed by atoms with Crippen molar-refractivity contribution in [3.8, 4) is 23.0 Å². The van der Waals surface area contributed by atoms with E-state index < -0.39 is 0 Å². The van der Waals surface area contributed by atoms with Crippen LogP contribution in [-0.2, 0) is 6.42 Å². The Morgan fingerprint density at radius 3 is 0.846 bits per heavy atom. The molecule has 0 heterocycles. The van der Waals surface area contributed by atoms with Gasteiger partial charge in [0.2, 0.25) is 0 Å². The molecular weight excluding hydrogens is 484 g/mol. The van der Waals surface area contributed by atoms with Crippen molar-refractivity contribution in [2.45, 2.75) is 74.7 Å². The highest BCUT2D eigenvalue weighted by Crippen LogP contribution is 2.33. The van der Waals surface area contributed by atoms with Crippen LogP contribution in [-0.4, -0.2) is 20.4 Å². The van der Waals surface area contributed by atoms with Crippen LogP contribution in [0.5, 0.6) is 23.0 Å². The standard InChI is InChI=1S/C18H22O2.C17H20O2/c1-10-6-15(7-11(2)17(10)19)14(5)16-8-12(3)18(20)13(4)9-16;1-10-5-14(6-11(2)16(10)18)9-15-7-12(3)17(19)13(4)8-15/h6-9,14,19-20H,1-5H3;5-8,18-19H,9H2,1-4H3. The van der Waals surface area contributed by atoms with Crippen LogP contribution in [0.1, 0.15) is 79.6 Å². The SMILES string of the molecule is Cc1cc(C(C)c2cc(C)c(O)c(C)c2)cc(C)c1O.Cc1cc(Cc2cc(C)c(O)c(C)c2)cc(C)c1O. The summed E-state index contributed by atoms with van der Waals surface area (Å²) in [5.74, 6) is 1.73. The fourth-order valence-electron chi connectivity index (χ4n) is 5.20. The van der Waals surface area contributed by atoms with Crippen LogP contribution in [0.3, 0.4) is 0 Å². The third-order valence-electron chi connectivity index (χ3n) is 7.54. The van der Waals surface area contributed by atoms with Crippen molar-refractivity contribution < 1.29 is 20.4 Å². The number of phenols is 4. The van der Waals surface area contributed by atoms with Gasteiger partial charge >= 0.3 is 0 Å². The molecule has 4 nitrogen and oxygen atoms in total. The van der Waals surface area contributed by atoms with Crippen LogP contribution < -0.4 is 0 Å². The van der Waals surface area contributed by atoms with Gasteiger partial charge in [0.05, 0.1) is 0 Å². The molecule has 0 aliphatic carbocycles. The summed E-state index contributed by atoms with van der Waals surface area (Å²) in [6.07, 6.45) is 0.809. The van der Waals surface area contributed by atoms with Gasteiger partial charge in [-0.3, -0.25) is 0 Å². The van der Waals surface area contributed by atoms with Gasteiger partial charge in [0.15, 0.2) is 0 Å². The molecule has 4 rings (SSSR count). The minimum absolute atomic E-state index is 0.228. The van der Waals surface area contributed by atoms with Crippen molar-refractivity contribution in [3.63, 3.8) is 0 Å². The first-order valence-electron chi connectivity index (χ1n) is 13.4. The topological polar surface area (TPSA) is 80.9 Å². The summed E-state index contributed by atoms with van der Waals surface area (Å²) < 4.78 is 0. The largest absolute Gasteiger partial charge is 0.507 e. The zero-order valence-electron chi connectivity index (χ0n) is 24.7. The monoisotopic (exact) mass is 526 g/mol. The summed E-state index contributed by atoms with van der Waals surface area (Å²) in [5.41, 5.74) is 11.9. The van der Waals surface area contributed by atoms with Crippen LogP contribution >= 0.6 is 0 Å². The van der Waals surface area contributed by atoms with Gasteiger partial charge in [0.1, 0.15) is 23.0 Å². The van der Waals surface area contributed by atoms with E-state index in [1.165, 1.54) is 22.3 Å². The van der Waals surface area contributed by atoms with E-state index in [9.17, 15) is 20.4 Å². The second-order valence-electron chi connectivity index (χ2n) is 11.1. The molecule has 0 unspecified atom stereocenters. The number of aromatic hydroxyl groups is 4. The van der Waals surface area contributed by atoms with Crippen molar-refractivity contribution >= 4 is 0 Å². The molecular formula is C35H42O4. The molecule has 0 aromatic heterocycles. The first-order chi connectivity index (χ1) is 18.2. The minimum Gasteiger partial charge on any atom is -0.507 e. The van der Waals surface area contributed by atoms with Crippen LogP contribution in [0.25, 0.3) is 0 Å². The van der Waals surface area contributed by atoms with E-state index in [-0.39, 0.29) is 5.92 Å². The third-order valence-corrected chi connectivity index (χ3v) is 7.54. The lowest BCUT2D eigenvalue weighted by atomic mass is 9.88. The highest BCUT2D eigenvalue weighted by Gasteiger charge is 2.14. The second kappa shape index (κ2) is 11.9. The van der Waals surface area contributed by atoms with E-state index in [4.69, 9.17) is 0 Å². The molecule has 0 amide bonds. The Hall–Kier alpha value is -3.92. The van der Waals surface area contributed by atoms with E-state index in [1.54, 1.807) is 0 Å². The minimum atomic E-state index is 0.228. The lowest BCUT2D eigenvalue weighted by Gasteiger charge is -2.17. The van der Waals surface area contributed by atoms with Gasteiger partial charge in [-0.05, 0) is 129 Å². The zero-order valence-corrected chi connectivity index (χ0v) is 24.7. The number of rotatable bonds is 4. The Balaban J connectivity index is 0.000000216. The van der Waals surface area contributed by atoms with Crippen molar-refractivity contribution in [1.29, 1.82) is 0 Å². The summed E-state index contributed by atoms with van der Waals surface area (Å²) >= 11 is 0. The van der Waals surface area contributed by atoms with Crippen LogP contribution in [0.15, 0.2) is 48.5 Å². The molecule has 0 saturated heterocycles. The molecule has 0 atom stereocenters. The van der Waals surface area contributed by atoms with Gasteiger partial charge in [-0.2, -0.15) is 0 Å². The Morgan fingerprint density at radius 1 is 0.410 bits per heavy atom. The molecule has 0 spiro atoms. The highest BCUT2D eigenvalue weighted by molar-refractivity contribution is 5.49. The maximum absolute atomic E-state index is 9.87. The first-order valence-corrected chi connectivity index (χ1v) is 13.4. The maximum atomic E-state index is 9.87. The summed E-state index contributed by atoms with van der Waals surface area (Å²) in [4.78, 5) is 0. The Morgan fingerprint density at radius 2 is 0.615 bits per heavy atom. The van der Waals surface area contributed by atoms with Crippen LogP contribution in [0.2, 0.25) is 0 Å². The average Bonchev–Trinajstić information content (AvgIpc) is 2.86. The fraction of sp³-hybridized carbons (Fsp3) is 0.314. The Bertz CT molecular complexity index is 1310. The molecule has 39 heavy (non-hydrogen) atoms. The third kappa shape index (κ3) is 6.75.